The third-order valence-corrected chi connectivity index (χ3v) is 4.44. The molecule has 6 heteroatoms. The fourth-order valence-electron chi connectivity index (χ4n) is 3.12. The Labute approximate surface area is 118 Å². The summed E-state index contributed by atoms with van der Waals surface area (Å²) in [6, 6.07) is -0.549. The average Bonchev–Trinajstić information content (AvgIpc) is 2.60. The minimum atomic E-state index is -1.24. The SMILES string of the molecule is CCC1OC2(CC(O)C1(C)C)OC(=O)CC2NC(C)=O. The van der Waals surface area contributed by atoms with Gasteiger partial charge in [0.2, 0.25) is 11.7 Å². The largest absolute Gasteiger partial charge is 0.431 e. The van der Waals surface area contributed by atoms with E-state index in [4.69, 9.17) is 9.47 Å². The standard InChI is InChI=1S/C14H23NO5/c1-5-11-13(3,4)10(17)7-14(19-11)9(15-8(2)16)6-12(18)20-14/h9-11,17H,5-7H2,1-4H3,(H,15,16). The molecule has 1 spiro atoms. The van der Waals surface area contributed by atoms with Gasteiger partial charge in [-0.1, -0.05) is 20.8 Å². The van der Waals surface area contributed by atoms with E-state index in [0.717, 1.165) is 0 Å². The van der Waals surface area contributed by atoms with E-state index in [1.54, 1.807) is 0 Å². The van der Waals surface area contributed by atoms with Crippen molar-refractivity contribution < 1.29 is 24.2 Å². The number of nitrogens with one attached hydrogen (secondary N) is 1. The summed E-state index contributed by atoms with van der Waals surface area (Å²) in [4.78, 5) is 22.9. The van der Waals surface area contributed by atoms with Crippen LogP contribution < -0.4 is 5.32 Å². The molecule has 114 valence electrons. The van der Waals surface area contributed by atoms with Crippen LogP contribution in [-0.4, -0.2) is 41.0 Å². The van der Waals surface area contributed by atoms with Gasteiger partial charge in [0.1, 0.15) is 6.04 Å². The van der Waals surface area contributed by atoms with Crippen LogP contribution in [0.3, 0.4) is 0 Å². The van der Waals surface area contributed by atoms with E-state index in [-0.39, 0.29) is 24.9 Å². The number of hydrogen-bond donors (Lipinski definition) is 2. The van der Waals surface area contributed by atoms with Crippen molar-refractivity contribution in [1.29, 1.82) is 0 Å². The maximum atomic E-state index is 11.6. The zero-order valence-corrected chi connectivity index (χ0v) is 12.4. The van der Waals surface area contributed by atoms with Gasteiger partial charge in [-0.25, -0.2) is 0 Å². The lowest BCUT2D eigenvalue weighted by molar-refractivity contribution is -0.308. The van der Waals surface area contributed by atoms with Crippen LogP contribution in [0.1, 0.15) is 47.0 Å². The van der Waals surface area contributed by atoms with E-state index < -0.39 is 29.3 Å². The topological polar surface area (TPSA) is 84.9 Å². The zero-order chi connectivity index (χ0) is 15.1. The molecule has 0 radical (unpaired) electrons. The Kier molecular flexibility index (Phi) is 3.81. The van der Waals surface area contributed by atoms with Gasteiger partial charge >= 0.3 is 5.97 Å². The van der Waals surface area contributed by atoms with Crippen LogP contribution in [0.25, 0.3) is 0 Å². The van der Waals surface area contributed by atoms with Crippen LogP contribution >= 0.6 is 0 Å². The van der Waals surface area contributed by atoms with Gasteiger partial charge in [-0.05, 0) is 6.42 Å². The highest BCUT2D eigenvalue weighted by Gasteiger charge is 2.59. The van der Waals surface area contributed by atoms with Crippen molar-refractivity contribution in [1.82, 2.24) is 5.32 Å². The molecule has 2 saturated heterocycles. The van der Waals surface area contributed by atoms with Crippen molar-refractivity contribution in [2.75, 3.05) is 0 Å². The first-order valence-corrected chi connectivity index (χ1v) is 7.06. The van der Waals surface area contributed by atoms with E-state index in [9.17, 15) is 14.7 Å². The third-order valence-electron chi connectivity index (χ3n) is 4.44. The molecule has 6 nitrogen and oxygen atoms in total. The molecular formula is C14H23NO5. The van der Waals surface area contributed by atoms with Crippen LogP contribution in [0.5, 0.6) is 0 Å². The molecule has 0 aliphatic carbocycles. The number of carbonyl (C=O) groups excluding carboxylic acids is 2. The maximum absolute atomic E-state index is 11.6. The van der Waals surface area contributed by atoms with E-state index in [2.05, 4.69) is 5.32 Å². The second kappa shape index (κ2) is 5.00. The van der Waals surface area contributed by atoms with Crippen molar-refractivity contribution in [2.45, 2.75) is 71.0 Å². The number of hydrogen-bond acceptors (Lipinski definition) is 5. The molecule has 4 unspecified atom stereocenters. The highest BCUT2D eigenvalue weighted by Crippen LogP contribution is 2.46. The molecule has 2 N–H and O–H groups in total. The molecule has 0 bridgehead atoms. The molecular weight excluding hydrogens is 262 g/mol. The number of rotatable bonds is 2. The van der Waals surface area contributed by atoms with Gasteiger partial charge in [-0.15, -0.1) is 0 Å². The Morgan fingerprint density at radius 2 is 2.15 bits per heavy atom. The number of aliphatic hydroxyl groups is 1. The number of aliphatic hydroxyl groups excluding tert-OH is 1. The van der Waals surface area contributed by atoms with Gasteiger partial charge in [-0.2, -0.15) is 0 Å². The number of amides is 1. The van der Waals surface area contributed by atoms with E-state index >= 15 is 0 Å². The fraction of sp³-hybridized carbons (Fsp3) is 0.857. The Morgan fingerprint density at radius 3 is 2.70 bits per heavy atom. The molecule has 2 heterocycles. The van der Waals surface area contributed by atoms with Gasteiger partial charge < -0.3 is 19.9 Å². The molecule has 0 aromatic rings. The van der Waals surface area contributed by atoms with E-state index in [0.29, 0.717) is 6.42 Å². The van der Waals surface area contributed by atoms with Crippen LogP contribution in [0.4, 0.5) is 0 Å². The Bertz CT molecular complexity index is 422. The van der Waals surface area contributed by atoms with Crippen molar-refractivity contribution in [3.05, 3.63) is 0 Å². The van der Waals surface area contributed by atoms with Gasteiger partial charge in [0.15, 0.2) is 0 Å². The molecule has 2 rings (SSSR count). The van der Waals surface area contributed by atoms with Crippen LogP contribution in [0, 0.1) is 5.41 Å². The van der Waals surface area contributed by atoms with Crippen molar-refractivity contribution in [2.24, 2.45) is 5.41 Å². The Balaban J connectivity index is 2.29. The Morgan fingerprint density at radius 1 is 1.50 bits per heavy atom. The summed E-state index contributed by atoms with van der Waals surface area (Å²) in [5.41, 5.74) is -0.421. The fourth-order valence-corrected chi connectivity index (χ4v) is 3.12. The van der Waals surface area contributed by atoms with Gasteiger partial charge in [0, 0.05) is 18.8 Å². The molecule has 1 amide bonds. The summed E-state index contributed by atoms with van der Waals surface area (Å²) in [5.74, 6) is -1.90. The van der Waals surface area contributed by atoms with Gasteiger partial charge in [0.05, 0.1) is 18.6 Å². The number of ether oxygens (including phenoxy) is 2. The predicted octanol–water partition coefficient (Wildman–Crippen LogP) is 0.720. The van der Waals surface area contributed by atoms with Crippen molar-refractivity contribution in [3.63, 3.8) is 0 Å². The quantitative estimate of drug-likeness (QED) is 0.730. The highest BCUT2D eigenvalue weighted by molar-refractivity contribution is 5.78. The highest BCUT2D eigenvalue weighted by atomic mass is 16.7. The van der Waals surface area contributed by atoms with E-state index in [1.165, 1.54) is 6.92 Å². The van der Waals surface area contributed by atoms with Gasteiger partial charge in [-0.3, -0.25) is 9.59 Å². The summed E-state index contributed by atoms with van der Waals surface area (Å²) < 4.78 is 11.4. The van der Waals surface area contributed by atoms with Crippen LogP contribution in [0.2, 0.25) is 0 Å². The third kappa shape index (κ3) is 2.42. The summed E-state index contributed by atoms with van der Waals surface area (Å²) in [6.07, 6.45) is 0.0312. The van der Waals surface area contributed by atoms with Crippen LogP contribution in [0.15, 0.2) is 0 Å². The average molecular weight is 285 g/mol. The molecule has 0 aromatic heterocycles. The van der Waals surface area contributed by atoms with E-state index in [1.807, 2.05) is 20.8 Å². The molecule has 0 aromatic carbocycles. The minimum Gasteiger partial charge on any atom is -0.431 e. The lowest BCUT2D eigenvalue weighted by Crippen LogP contribution is -2.62. The zero-order valence-electron chi connectivity index (χ0n) is 12.4. The predicted molar refractivity (Wildman–Crippen MR) is 70.6 cm³/mol. The second-order valence-electron chi connectivity index (χ2n) is 6.30. The summed E-state index contributed by atoms with van der Waals surface area (Å²) in [5, 5.41) is 13.1. The minimum absolute atomic E-state index is 0.0726. The molecule has 20 heavy (non-hydrogen) atoms. The molecule has 2 aliphatic rings. The molecule has 0 saturated carbocycles. The first kappa shape index (κ1) is 15.3. The normalized spacial score (nSPS) is 39.6. The molecule has 4 atom stereocenters. The molecule has 2 fully saturated rings. The smallest absolute Gasteiger partial charge is 0.310 e. The summed E-state index contributed by atoms with van der Waals surface area (Å²) in [6.45, 7) is 7.21. The van der Waals surface area contributed by atoms with Crippen molar-refractivity contribution >= 4 is 11.9 Å². The monoisotopic (exact) mass is 285 g/mol. The molecule has 2 aliphatic heterocycles. The first-order chi connectivity index (χ1) is 9.21. The first-order valence-electron chi connectivity index (χ1n) is 7.06. The van der Waals surface area contributed by atoms with Crippen LogP contribution in [-0.2, 0) is 19.1 Å². The Hall–Kier alpha value is -1.14. The second-order valence-corrected chi connectivity index (χ2v) is 6.30. The lowest BCUT2D eigenvalue weighted by atomic mass is 9.73. The summed E-state index contributed by atoms with van der Waals surface area (Å²) >= 11 is 0. The lowest BCUT2D eigenvalue weighted by Gasteiger charge is -2.50. The number of esters is 1. The van der Waals surface area contributed by atoms with Gasteiger partial charge in [0.25, 0.3) is 0 Å². The number of carbonyl (C=O) groups is 2. The maximum Gasteiger partial charge on any atom is 0.310 e. The van der Waals surface area contributed by atoms with Crippen molar-refractivity contribution in [3.8, 4) is 0 Å². The summed E-state index contributed by atoms with van der Waals surface area (Å²) in [7, 11) is 0.